The lowest BCUT2D eigenvalue weighted by atomic mass is 10.2. The average molecular weight is 263 g/mol. The molecule has 1 amide bonds. The number of aromatic nitrogens is 4. The summed E-state index contributed by atoms with van der Waals surface area (Å²) in [5.74, 6) is -1.30. The van der Waals surface area contributed by atoms with Crippen LogP contribution in [0.4, 0.5) is 5.69 Å². The van der Waals surface area contributed by atoms with Crippen LogP contribution in [0.3, 0.4) is 0 Å². The highest BCUT2D eigenvalue weighted by Crippen LogP contribution is 2.10. The number of rotatable bonds is 4. The van der Waals surface area contributed by atoms with Crippen molar-refractivity contribution in [2.24, 2.45) is 7.05 Å². The average Bonchev–Trinajstić information content (AvgIpc) is 2.87. The van der Waals surface area contributed by atoms with Crippen LogP contribution in [0.15, 0.2) is 18.6 Å². The van der Waals surface area contributed by atoms with E-state index in [4.69, 9.17) is 5.11 Å². The SMILES string of the molecule is Cc1c(C(=O)Nc2cnn(CC(=O)O)c2)cnn1C. The van der Waals surface area contributed by atoms with Crippen molar-refractivity contribution < 1.29 is 14.7 Å². The highest BCUT2D eigenvalue weighted by Gasteiger charge is 2.13. The Labute approximate surface area is 108 Å². The first-order valence-corrected chi connectivity index (χ1v) is 5.51. The molecule has 0 aromatic carbocycles. The second-order valence-electron chi connectivity index (χ2n) is 4.04. The van der Waals surface area contributed by atoms with Crippen LogP contribution in [-0.2, 0) is 18.4 Å². The minimum Gasteiger partial charge on any atom is -0.480 e. The summed E-state index contributed by atoms with van der Waals surface area (Å²) in [6.07, 6.45) is 4.33. The molecular formula is C11H13N5O3. The Morgan fingerprint density at radius 2 is 2.11 bits per heavy atom. The summed E-state index contributed by atoms with van der Waals surface area (Å²) < 4.78 is 2.83. The third-order valence-corrected chi connectivity index (χ3v) is 2.67. The van der Waals surface area contributed by atoms with Crippen LogP contribution in [0, 0.1) is 6.92 Å². The maximum atomic E-state index is 12.0. The second kappa shape index (κ2) is 4.92. The summed E-state index contributed by atoms with van der Waals surface area (Å²) in [5, 5.41) is 19.1. The zero-order chi connectivity index (χ0) is 14.0. The van der Waals surface area contributed by atoms with Crippen molar-refractivity contribution in [2.45, 2.75) is 13.5 Å². The molecule has 0 spiro atoms. The van der Waals surface area contributed by atoms with Crippen LogP contribution >= 0.6 is 0 Å². The van der Waals surface area contributed by atoms with Crippen molar-refractivity contribution in [3.8, 4) is 0 Å². The van der Waals surface area contributed by atoms with Gasteiger partial charge in [-0.25, -0.2) is 0 Å². The number of amides is 1. The van der Waals surface area contributed by atoms with Gasteiger partial charge in [-0.3, -0.25) is 19.0 Å². The Morgan fingerprint density at radius 3 is 2.68 bits per heavy atom. The molecule has 0 atom stereocenters. The highest BCUT2D eigenvalue weighted by atomic mass is 16.4. The van der Waals surface area contributed by atoms with Gasteiger partial charge in [0.15, 0.2) is 0 Å². The molecule has 0 aliphatic heterocycles. The van der Waals surface area contributed by atoms with Gasteiger partial charge in [-0.05, 0) is 6.92 Å². The van der Waals surface area contributed by atoms with Gasteiger partial charge in [0.2, 0.25) is 0 Å². The molecule has 2 N–H and O–H groups in total. The number of hydrogen-bond donors (Lipinski definition) is 2. The zero-order valence-electron chi connectivity index (χ0n) is 10.5. The number of aryl methyl sites for hydroxylation is 1. The largest absolute Gasteiger partial charge is 0.480 e. The number of nitrogens with zero attached hydrogens (tertiary/aromatic N) is 4. The number of carboxylic acid groups (broad SMARTS) is 1. The molecule has 2 aromatic rings. The number of carbonyl (C=O) groups excluding carboxylic acids is 1. The fourth-order valence-electron chi connectivity index (χ4n) is 1.57. The lowest BCUT2D eigenvalue weighted by molar-refractivity contribution is -0.137. The third kappa shape index (κ3) is 2.79. The van der Waals surface area contributed by atoms with Gasteiger partial charge < -0.3 is 10.4 Å². The van der Waals surface area contributed by atoms with Crippen LogP contribution in [0.1, 0.15) is 16.1 Å². The molecule has 0 aliphatic rings. The predicted octanol–water partition coefficient (Wildman–Crippen LogP) is 0.262. The zero-order valence-corrected chi connectivity index (χ0v) is 10.5. The lowest BCUT2D eigenvalue weighted by Gasteiger charge is -2.01. The molecule has 100 valence electrons. The second-order valence-corrected chi connectivity index (χ2v) is 4.04. The summed E-state index contributed by atoms with van der Waals surface area (Å²) >= 11 is 0. The predicted molar refractivity (Wildman–Crippen MR) is 65.8 cm³/mol. The summed E-state index contributed by atoms with van der Waals surface area (Å²) in [4.78, 5) is 22.5. The maximum absolute atomic E-state index is 12.0. The Balaban J connectivity index is 2.09. The number of anilines is 1. The molecule has 8 heteroatoms. The number of nitrogens with one attached hydrogen (secondary N) is 1. The fourth-order valence-corrected chi connectivity index (χ4v) is 1.57. The molecule has 2 aromatic heterocycles. The van der Waals surface area contributed by atoms with E-state index in [1.54, 1.807) is 18.7 Å². The van der Waals surface area contributed by atoms with Gasteiger partial charge in [0.25, 0.3) is 5.91 Å². The van der Waals surface area contributed by atoms with Crippen LogP contribution in [0.5, 0.6) is 0 Å². The first-order chi connectivity index (χ1) is 8.97. The molecular weight excluding hydrogens is 250 g/mol. The molecule has 19 heavy (non-hydrogen) atoms. The monoisotopic (exact) mass is 263 g/mol. The third-order valence-electron chi connectivity index (χ3n) is 2.67. The minimum atomic E-state index is -0.996. The summed E-state index contributed by atoms with van der Waals surface area (Å²) in [6, 6.07) is 0. The van der Waals surface area contributed by atoms with Gasteiger partial charge in [0.05, 0.1) is 23.6 Å². The number of aliphatic carboxylic acids is 1. The van der Waals surface area contributed by atoms with Gasteiger partial charge in [-0.15, -0.1) is 0 Å². The van der Waals surface area contributed by atoms with E-state index in [0.29, 0.717) is 11.3 Å². The molecule has 0 fully saturated rings. The highest BCUT2D eigenvalue weighted by molar-refractivity contribution is 6.04. The van der Waals surface area contributed by atoms with E-state index in [1.807, 2.05) is 0 Å². The van der Waals surface area contributed by atoms with Crippen molar-refractivity contribution >= 4 is 17.6 Å². The van der Waals surface area contributed by atoms with Crippen molar-refractivity contribution in [1.82, 2.24) is 19.6 Å². The molecule has 8 nitrogen and oxygen atoms in total. The summed E-state index contributed by atoms with van der Waals surface area (Å²) in [5.41, 5.74) is 1.65. The molecule has 0 saturated carbocycles. The van der Waals surface area contributed by atoms with Crippen LogP contribution in [0.2, 0.25) is 0 Å². The first kappa shape index (κ1) is 12.8. The maximum Gasteiger partial charge on any atom is 0.325 e. The van der Waals surface area contributed by atoms with E-state index >= 15 is 0 Å². The van der Waals surface area contributed by atoms with Crippen LogP contribution in [-0.4, -0.2) is 36.5 Å². The summed E-state index contributed by atoms with van der Waals surface area (Å²) in [7, 11) is 1.75. The van der Waals surface area contributed by atoms with Crippen molar-refractivity contribution in [3.05, 3.63) is 29.8 Å². The molecule has 0 aliphatic carbocycles. The minimum absolute atomic E-state index is 0.248. The first-order valence-electron chi connectivity index (χ1n) is 5.51. The Morgan fingerprint density at radius 1 is 1.37 bits per heavy atom. The Kier molecular flexibility index (Phi) is 3.32. The normalized spacial score (nSPS) is 10.4. The van der Waals surface area contributed by atoms with Gasteiger partial charge in [-0.2, -0.15) is 10.2 Å². The van der Waals surface area contributed by atoms with Gasteiger partial charge in [0.1, 0.15) is 6.54 Å². The van der Waals surface area contributed by atoms with E-state index in [1.165, 1.54) is 23.3 Å². The molecule has 2 rings (SSSR count). The standard InChI is InChI=1S/C11H13N5O3/c1-7-9(4-12-15(7)2)11(19)14-8-3-13-16(5-8)6-10(17)18/h3-5H,6H2,1-2H3,(H,14,19)(H,17,18). The molecule has 0 unspecified atom stereocenters. The molecule has 0 saturated heterocycles. The van der Waals surface area contributed by atoms with Crippen molar-refractivity contribution in [3.63, 3.8) is 0 Å². The lowest BCUT2D eigenvalue weighted by Crippen LogP contribution is -2.13. The van der Waals surface area contributed by atoms with Crippen LogP contribution in [0.25, 0.3) is 0 Å². The van der Waals surface area contributed by atoms with Gasteiger partial charge in [-0.1, -0.05) is 0 Å². The summed E-state index contributed by atoms with van der Waals surface area (Å²) in [6.45, 7) is 1.54. The van der Waals surface area contributed by atoms with E-state index in [0.717, 1.165) is 5.69 Å². The number of hydrogen-bond acceptors (Lipinski definition) is 4. The molecule has 0 bridgehead atoms. The smallest absolute Gasteiger partial charge is 0.325 e. The van der Waals surface area contributed by atoms with E-state index in [2.05, 4.69) is 15.5 Å². The number of carbonyl (C=O) groups is 2. The topological polar surface area (TPSA) is 102 Å². The van der Waals surface area contributed by atoms with Gasteiger partial charge in [0, 0.05) is 18.9 Å². The van der Waals surface area contributed by atoms with E-state index in [-0.39, 0.29) is 12.5 Å². The molecule has 2 heterocycles. The fraction of sp³-hybridized carbons (Fsp3) is 0.273. The number of carboxylic acids is 1. The quantitative estimate of drug-likeness (QED) is 0.823. The van der Waals surface area contributed by atoms with Crippen molar-refractivity contribution in [1.29, 1.82) is 0 Å². The van der Waals surface area contributed by atoms with E-state index in [9.17, 15) is 9.59 Å². The van der Waals surface area contributed by atoms with Crippen LogP contribution < -0.4 is 5.32 Å². The Bertz CT molecular complexity index is 628. The van der Waals surface area contributed by atoms with Crippen molar-refractivity contribution in [2.75, 3.05) is 5.32 Å². The van der Waals surface area contributed by atoms with E-state index < -0.39 is 5.97 Å². The van der Waals surface area contributed by atoms with Gasteiger partial charge >= 0.3 is 5.97 Å². The molecule has 0 radical (unpaired) electrons. The Hall–Kier alpha value is -2.64.